The Morgan fingerprint density at radius 3 is 3.13 bits per heavy atom. The number of hydrogen-bond acceptors (Lipinski definition) is 4. The number of rotatable bonds is 5. The number of nitrogens with one attached hydrogen (secondary N) is 2. The van der Waals surface area contributed by atoms with Crippen molar-refractivity contribution in [1.29, 1.82) is 0 Å². The third kappa shape index (κ3) is 5.74. The smallest absolute Gasteiger partial charge is 0.307 e. The lowest BCUT2D eigenvalue weighted by molar-refractivity contribution is -0.143. The van der Waals surface area contributed by atoms with Gasteiger partial charge in [-0.25, -0.2) is 0 Å². The van der Waals surface area contributed by atoms with Crippen molar-refractivity contribution in [1.82, 2.24) is 10.6 Å². The van der Waals surface area contributed by atoms with Gasteiger partial charge in [-0.1, -0.05) is 0 Å². The Kier molecular flexibility index (Phi) is 6.36. The van der Waals surface area contributed by atoms with Gasteiger partial charge in [0.25, 0.3) is 0 Å². The molecule has 0 aliphatic carbocycles. The molecule has 88 valence electrons. The number of esters is 1. The molecular formula is C11H22N2O2. The Labute approximate surface area is 91.8 Å². The molecule has 4 heteroatoms. The fourth-order valence-electron chi connectivity index (χ4n) is 1.83. The highest BCUT2D eigenvalue weighted by Crippen LogP contribution is 2.04. The molecule has 0 amide bonds. The molecule has 0 bridgehead atoms. The van der Waals surface area contributed by atoms with Crippen LogP contribution in [0.1, 0.15) is 32.6 Å². The van der Waals surface area contributed by atoms with E-state index in [1.165, 1.54) is 12.8 Å². The molecule has 1 rings (SSSR count). The second kappa shape index (κ2) is 7.65. The van der Waals surface area contributed by atoms with Gasteiger partial charge in [0.05, 0.1) is 13.0 Å². The Balaban J connectivity index is 2.05. The maximum Gasteiger partial charge on any atom is 0.307 e. The summed E-state index contributed by atoms with van der Waals surface area (Å²) in [6, 6.07) is 0.564. The lowest BCUT2D eigenvalue weighted by Gasteiger charge is -2.15. The summed E-state index contributed by atoms with van der Waals surface area (Å²) in [7, 11) is 0. The van der Waals surface area contributed by atoms with Gasteiger partial charge in [0.1, 0.15) is 0 Å². The largest absolute Gasteiger partial charge is 0.466 e. The summed E-state index contributed by atoms with van der Waals surface area (Å²) >= 11 is 0. The lowest BCUT2D eigenvalue weighted by Crippen LogP contribution is -2.32. The summed E-state index contributed by atoms with van der Waals surface area (Å²) < 4.78 is 4.86. The molecule has 2 N–H and O–H groups in total. The molecule has 1 saturated heterocycles. The average molecular weight is 214 g/mol. The van der Waals surface area contributed by atoms with Crippen LogP contribution in [0.3, 0.4) is 0 Å². The van der Waals surface area contributed by atoms with Gasteiger partial charge in [-0.3, -0.25) is 4.79 Å². The summed E-state index contributed by atoms with van der Waals surface area (Å²) in [4.78, 5) is 11.1. The standard InChI is InChI=1S/C11H22N2O2/c1-2-15-11(14)6-9-13-10-4-3-7-12-8-5-10/h10,12-13H,2-9H2,1H3. The van der Waals surface area contributed by atoms with Crippen molar-refractivity contribution in [2.24, 2.45) is 0 Å². The zero-order chi connectivity index (χ0) is 10.9. The van der Waals surface area contributed by atoms with Crippen molar-refractivity contribution in [3.8, 4) is 0 Å². The van der Waals surface area contributed by atoms with Crippen LogP contribution in [0, 0.1) is 0 Å². The number of carbonyl (C=O) groups excluding carboxylic acids is 1. The van der Waals surface area contributed by atoms with Crippen LogP contribution < -0.4 is 10.6 Å². The predicted octanol–water partition coefficient (Wildman–Crippen LogP) is 0.671. The van der Waals surface area contributed by atoms with Crippen LogP contribution in [0.5, 0.6) is 0 Å². The van der Waals surface area contributed by atoms with Gasteiger partial charge in [0, 0.05) is 12.6 Å². The maximum absolute atomic E-state index is 11.1. The van der Waals surface area contributed by atoms with E-state index in [1.54, 1.807) is 0 Å². The van der Waals surface area contributed by atoms with E-state index in [0.717, 1.165) is 26.1 Å². The number of carbonyl (C=O) groups is 1. The maximum atomic E-state index is 11.1. The van der Waals surface area contributed by atoms with Gasteiger partial charge >= 0.3 is 5.97 Å². The Morgan fingerprint density at radius 2 is 2.33 bits per heavy atom. The monoisotopic (exact) mass is 214 g/mol. The molecule has 1 unspecified atom stereocenters. The van der Waals surface area contributed by atoms with Gasteiger partial charge in [-0.2, -0.15) is 0 Å². The van der Waals surface area contributed by atoms with Crippen LogP contribution in [-0.2, 0) is 9.53 Å². The van der Waals surface area contributed by atoms with Gasteiger partial charge in [0.2, 0.25) is 0 Å². The molecule has 0 aromatic rings. The first-order valence-electron chi connectivity index (χ1n) is 5.92. The summed E-state index contributed by atoms with van der Waals surface area (Å²) in [5.41, 5.74) is 0. The van der Waals surface area contributed by atoms with E-state index in [9.17, 15) is 4.79 Å². The van der Waals surface area contributed by atoms with E-state index in [4.69, 9.17) is 4.74 Å². The number of hydrogen-bond donors (Lipinski definition) is 2. The van der Waals surface area contributed by atoms with Crippen molar-refractivity contribution in [2.45, 2.75) is 38.6 Å². The van der Waals surface area contributed by atoms with Crippen LogP contribution in [0.4, 0.5) is 0 Å². The summed E-state index contributed by atoms with van der Waals surface area (Å²) in [6.45, 7) is 5.26. The quantitative estimate of drug-likeness (QED) is 0.661. The molecule has 1 heterocycles. The molecule has 0 radical (unpaired) electrons. The fraction of sp³-hybridized carbons (Fsp3) is 0.909. The summed E-state index contributed by atoms with van der Waals surface area (Å²) in [5.74, 6) is -0.100. The van der Waals surface area contributed by atoms with Gasteiger partial charge in [-0.15, -0.1) is 0 Å². The van der Waals surface area contributed by atoms with Crippen LogP contribution >= 0.6 is 0 Å². The van der Waals surface area contributed by atoms with Crippen molar-refractivity contribution >= 4 is 5.97 Å². The van der Waals surface area contributed by atoms with Crippen molar-refractivity contribution in [3.63, 3.8) is 0 Å². The van der Waals surface area contributed by atoms with Crippen molar-refractivity contribution < 1.29 is 9.53 Å². The summed E-state index contributed by atoms with van der Waals surface area (Å²) in [5, 5.41) is 6.78. The first-order chi connectivity index (χ1) is 7.33. The van der Waals surface area contributed by atoms with Gasteiger partial charge < -0.3 is 15.4 Å². The Morgan fingerprint density at radius 1 is 1.47 bits per heavy atom. The minimum atomic E-state index is -0.100. The third-order valence-electron chi connectivity index (χ3n) is 2.64. The van der Waals surface area contributed by atoms with E-state index in [1.807, 2.05) is 6.92 Å². The molecule has 0 aromatic heterocycles. The lowest BCUT2D eigenvalue weighted by atomic mass is 10.1. The van der Waals surface area contributed by atoms with Crippen molar-refractivity contribution in [2.75, 3.05) is 26.2 Å². The molecule has 0 spiro atoms. The molecule has 4 nitrogen and oxygen atoms in total. The average Bonchev–Trinajstić information content (AvgIpc) is 2.47. The second-order valence-electron chi connectivity index (χ2n) is 3.89. The topological polar surface area (TPSA) is 50.4 Å². The van der Waals surface area contributed by atoms with E-state index in [2.05, 4.69) is 10.6 Å². The zero-order valence-electron chi connectivity index (χ0n) is 9.55. The van der Waals surface area contributed by atoms with Crippen LogP contribution in [-0.4, -0.2) is 38.3 Å². The molecule has 15 heavy (non-hydrogen) atoms. The zero-order valence-corrected chi connectivity index (χ0v) is 9.55. The fourth-order valence-corrected chi connectivity index (χ4v) is 1.83. The number of ether oxygens (including phenoxy) is 1. The molecule has 0 aromatic carbocycles. The molecule has 0 saturated carbocycles. The Bertz CT molecular complexity index is 177. The summed E-state index contributed by atoms with van der Waals surface area (Å²) in [6.07, 6.45) is 4.06. The van der Waals surface area contributed by atoms with Gasteiger partial charge in [-0.05, 0) is 39.3 Å². The normalized spacial score (nSPS) is 22.1. The molecule has 1 fully saturated rings. The second-order valence-corrected chi connectivity index (χ2v) is 3.89. The highest BCUT2D eigenvalue weighted by atomic mass is 16.5. The molecular weight excluding hydrogens is 192 g/mol. The first-order valence-corrected chi connectivity index (χ1v) is 5.92. The molecule has 1 atom stereocenters. The highest BCUT2D eigenvalue weighted by Gasteiger charge is 2.11. The minimum Gasteiger partial charge on any atom is -0.466 e. The van der Waals surface area contributed by atoms with E-state index in [0.29, 0.717) is 19.1 Å². The third-order valence-corrected chi connectivity index (χ3v) is 2.64. The molecule has 1 aliphatic rings. The highest BCUT2D eigenvalue weighted by molar-refractivity contribution is 5.69. The van der Waals surface area contributed by atoms with Crippen LogP contribution in [0.2, 0.25) is 0 Å². The van der Waals surface area contributed by atoms with Crippen LogP contribution in [0.15, 0.2) is 0 Å². The SMILES string of the molecule is CCOC(=O)CCNC1CCCNCC1. The van der Waals surface area contributed by atoms with E-state index < -0.39 is 0 Å². The van der Waals surface area contributed by atoms with E-state index in [-0.39, 0.29) is 5.97 Å². The van der Waals surface area contributed by atoms with Crippen molar-refractivity contribution in [3.05, 3.63) is 0 Å². The van der Waals surface area contributed by atoms with Gasteiger partial charge in [0.15, 0.2) is 0 Å². The minimum absolute atomic E-state index is 0.100. The Hall–Kier alpha value is -0.610. The molecule has 1 aliphatic heterocycles. The predicted molar refractivity (Wildman–Crippen MR) is 59.8 cm³/mol. The first kappa shape index (κ1) is 12.5. The van der Waals surface area contributed by atoms with E-state index >= 15 is 0 Å². The van der Waals surface area contributed by atoms with Crippen LogP contribution in [0.25, 0.3) is 0 Å².